The number of aromatic nitrogens is 1. The minimum absolute atomic E-state index is 0.512. The van der Waals surface area contributed by atoms with E-state index < -0.39 is 0 Å². The minimum atomic E-state index is 0.512. The van der Waals surface area contributed by atoms with Gasteiger partial charge >= 0.3 is 0 Å². The van der Waals surface area contributed by atoms with Gasteiger partial charge in [-0.2, -0.15) is 0 Å². The van der Waals surface area contributed by atoms with Gasteiger partial charge in [0.05, 0.1) is 11.9 Å². The molecule has 0 unspecified atom stereocenters. The summed E-state index contributed by atoms with van der Waals surface area (Å²) in [5.74, 6) is 0. The van der Waals surface area contributed by atoms with Crippen molar-refractivity contribution in [2.75, 3.05) is 4.90 Å². The summed E-state index contributed by atoms with van der Waals surface area (Å²) in [4.78, 5) is 6.58. The zero-order chi connectivity index (χ0) is 10.7. The Morgan fingerprint density at radius 2 is 1.71 bits per heavy atom. The van der Waals surface area contributed by atoms with Gasteiger partial charge in [-0.05, 0) is 46.2 Å². The van der Waals surface area contributed by atoms with Crippen LogP contribution in [0.15, 0.2) is 18.5 Å². The van der Waals surface area contributed by atoms with E-state index >= 15 is 0 Å². The SMILES string of the molecule is Cc1ccncc1N(C(C)C)C(C)C. The summed E-state index contributed by atoms with van der Waals surface area (Å²) in [5, 5.41) is 0. The van der Waals surface area contributed by atoms with Crippen LogP contribution >= 0.6 is 0 Å². The lowest BCUT2D eigenvalue weighted by molar-refractivity contribution is 0.605. The van der Waals surface area contributed by atoms with E-state index in [1.54, 1.807) is 0 Å². The van der Waals surface area contributed by atoms with Crippen molar-refractivity contribution in [3.8, 4) is 0 Å². The van der Waals surface area contributed by atoms with Crippen molar-refractivity contribution < 1.29 is 0 Å². The average Bonchev–Trinajstić information content (AvgIpc) is 2.07. The first kappa shape index (κ1) is 11.0. The van der Waals surface area contributed by atoms with Crippen molar-refractivity contribution in [3.63, 3.8) is 0 Å². The largest absolute Gasteiger partial charge is 0.365 e. The fourth-order valence-corrected chi connectivity index (χ4v) is 1.88. The molecule has 0 aromatic carbocycles. The van der Waals surface area contributed by atoms with Crippen LogP contribution in [0.25, 0.3) is 0 Å². The van der Waals surface area contributed by atoms with Crippen molar-refractivity contribution in [3.05, 3.63) is 24.0 Å². The number of aryl methyl sites for hydroxylation is 1. The second kappa shape index (κ2) is 4.45. The van der Waals surface area contributed by atoms with E-state index in [0.29, 0.717) is 12.1 Å². The van der Waals surface area contributed by atoms with Gasteiger partial charge in [0.15, 0.2) is 0 Å². The first-order valence-corrected chi connectivity index (χ1v) is 5.23. The average molecular weight is 192 g/mol. The van der Waals surface area contributed by atoms with E-state index in [2.05, 4.69) is 50.6 Å². The molecule has 2 nitrogen and oxygen atoms in total. The number of anilines is 1. The van der Waals surface area contributed by atoms with Gasteiger partial charge in [0, 0.05) is 18.3 Å². The van der Waals surface area contributed by atoms with Crippen molar-refractivity contribution in [1.82, 2.24) is 4.98 Å². The molecule has 1 aromatic heterocycles. The number of rotatable bonds is 3. The van der Waals surface area contributed by atoms with Gasteiger partial charge in [0.1, 0.15) is 0 Å². The van der Waals surface area contributed by atoms with Crippen LogP contribution in [0.4, 0.5) is 5.69 Å². The highest BCUT2D eigenvalue weighted by molar-refractivity contribution is 5.52. The van der Waals surface area contributed by atoms with Crippen LogP contribution in [-0.2, 0) is 0 Å². The molecule has 1 heterocycles. The van der Waals surface area contributed by atoms with E-state index in [-0.39, 0.29) is 0 Å². The van der Waals surface area contributed by atoms with E-state index in [9.17, 15) is 0 Å². The van der Waals surface area contributed by atoms with Gasteiger partial charge in [-0.3, -0.25) is 4.98 Å². The monoisotopic (exact) mass is 192 g/mol. The van der Waals surface area contributed by atoms with E-state index in [4.69, 9.17) is 0 Å². The topological polar surface area (TPSA) is 16.1 Å². The lowest BCUT2D eigenvalue weighted by atomic mass is 10.1. The summed E-state index contributed by atoms with van der Waals surface area (Å²) in [6, 6.07) is 3.09. The highest BCUT2D eigenvalue weighted by Gasteiger charge is 2.15. The van der Waals surface area contributed by atoms with E-state index in [0.717, 1.165) is 0 Å². The van der Waals surface area contributed by atoms with Crippen molar-refractivity contribution >= 4 is 5.69 Å². The normalized spacial score (nSPS) is 11.1. The number of hydrogen-bond acceptors (Lipinski definition) is 2. The Hall–Kier alpha value is -1.05. The molecule has 0 atom stereocenters. The summed E-state index contributed by atoms with van der Waals surface area (Å²) in [5.41, 5.74) is 2.54. The molecule has 14 heavy (non-hydrogen) atoms. The summed E-state index contributed by atoms with van der Waals surface area (Å²) in [7, 11) is 0. The van der Waals surface area contributed by atoms with Crippen LogP contribution < -0.4 is 4.90 Å². The van der Waals surface area contributed by atoms with Crippen molar-refractivity contribution in [2.24, 2.45) is 0 Å². The lowest BCUT2D eigenvalue weighted by Crippen LogP contribution is -2.37. The predicted molar refractivity (Wildman–Crippen MR) is 61.7 cm³/mol. The third-order valence-corrected chi connectivity index (χ3v) is 2.40. The standard InChI is InChI=1S/C12H20N2/c1-9(2)14(10(3)4)12-8-13-7-6-11(12)5/h6-10H,1-5H3. The summed E-state index contributed by atoms with van der Waals surface area (Å²) in [6.07, 6.45) is 3.80. The highest BCUT2D eigenvalue weighted by Crippen LogP contribution is 2.22. The Morgan fingerprint density at radius 3 is 2.14 bits per heavy atom. The quantitative estimate of drug-likeness (QED) is 0.732. The maximum atomic E-state index is 4.19. The summed E-state index contributed by atoms with van der Waals surface area (Å²) >= 11 is 0. The second-order valence-corrected chi connectivity index (χ2v) is 4.26. The number of pyridine rings is 1. The summed E-state index contributed by atoms with van der Waals surface area (Å²) < 4.78 is 0. The molecular formula is C12H20N2. The lowest BCUT2D eigenvalue weighted by Gasteiger charge is -2.33. The molecule has 0 amide bonds. The Labute approximate surface area is 87.0 Å². The molecule has 0 fully saturated rings. The Kier molecular flexibility index (Phi) is 3.50. The molecule has 0 saturated heterocycles. The molecule has 2 heteroatoms. The maximum Gasteiger partial charge on any atom is 0.0587 e. The zero-order valence-corrected chi connectivity index (χ0v) is 9.78. The smallest absolute Gasteiger partial charge is 0.0587 e. The Morgan fingerprint density at radius 1 is 1.14 bits per heavy atom. The molecule has 0 spiro atoms. The first-order valence-electron chi connectivity index (χ1n) is 5.23. The van der Waals surface area contributed by atoms with Gasteiger partial charge in [-0.15, -0.1) is 0 Å². The fraction of sp³-hybridized carbons (Fsp3) is 0.583. The van der Waals surface area contributed by atoms with Crippen molar-refractivity contribution in [1.29, 1.82) is 0 Å². The maximum absolute atomic E-state index is 4.19. The third kappa shape index (κ3) is 2.25. The molecule has 0 aliphatic carbocycles. The van der Waals surface area contributed by atoms with Gasteiger partial charge in [-0.25, -0.2) is 0 Å². The molecule has 0 saturated carbocycles. The highest BCUT2D eigenvalue weighted by atomic mass is 15.2. The van der Waals surface area contributed by atoms with Gasteiger partial charge in [-0.1, -0.05) is 0 Å². The van der Waals surface area contributed by atoms with Crippen LogP contribution in [0.5, 0.6) is 0 Å². The molecule has 1 rings (SSSR count). The summed E-state index contributed by atoms with van der Waals surface area (Å²) in [6.45, 7) is 11.0. The van der Waals surface area contributed by atoms with Gasteiger partial charge in [0.25, 0.3) is 0 Å². The second-order valence-electron chi connectivity index (χ2n) is 4.26. The number of hydrogen-bond donors (Lipinski definition) is 0. The van der Waals surface area contributed by atoms with Crippen LogP contribution in [-0.4, -0.2) is 17.1 Å². The molecule has 0 aliphatic heterocycles. The van der Waals surface area contributed by atoms with E-state index in [1.807, 2.05) is 12.4 Å². The molecule has 1 aromatic rings. The molecule has 0 radical (unpaired) electrons. The van der Waals surface area contributed by atoms with E-state index in [1.165, 1.54) is 11.3 Å². The van der Waals surface area contributed by atoms with Crippen LogP contribution in [0, 0.1) is 6.92 Å². The first-order chi connectivity index (χ1) is 6.54. The number of nitrogens with zero attached hydrogens (tertiary/aromatic N) is 2. The van der Waals surface area contributed by atoms with Gasteiger partial charge < -0.3 is 4.90 Å². The molecule has 0 aliphatic rings. The third-order valence-electron chi connectivity index (χ3n) is 2.40. The molecule has 0 bridgehead atoms. The predicted octanol–water partition coefficient (Wildman–Crippen LogP) is 3.01. The molecule has 0 N–H and O–H groups in total. The van der Waals surface area contributed by atoms with Crippen molar-refractivity contribution in [2.45, 2.75) is 46.7 Å². The van der Waals surface area contributed by atoms with Gasteiger partial charge in [0.2, 0.25) is 0 Å². The Balaban J connectivity index is 3.05. The van der Waals surface area contributed by atoms with Crippen LogP contribution in [0.3, 0.4) is 0 Å². The molecular weight excluding hydrogens is 172 g/mol. The minimum Gasteiger partial charge on any atom is -0.365 e. The molecule has 78 valence electrons. The fourth-order valence-electron chi connectivity index (χ4n) is 1.88. The van der Waals surface area contributed by atoms with Crippen LogP contribution in [0.2, 0.25) is 0 Å². The van der Waals surface area contributed by atoms with Crippen LogP contribution in [0.1, 0.15) is 33.3 Å². The Bertz CT molecular complexity index is 284. The zero-order valence-electron chi connectivity index (χ0n) is 9.78.